The third-order valence-electron chi connectivity index (χ3n) is 3.32. The Hall–Kier alpha value is -1.27. The highest BCUT2D eigenvalue weighted by molar-refractivity contribution is 9.10. The summed E-state index contributed by atoms with van der Waals surface area (Å²) in [7, 11) is 0. The zero-order valence-electron chi connectivity index (χ0n) is 10.0. The lowest BCUT2D eigenvalue weighted by molar-refractivity contribution is 0.602. The Kier molecular flexibility index (Phi) is 3.36. The van der Waals surface area contributed by atoms with Gasteiger partial charge in [0.25, 0.3) is 0 Å². The number of benzene rings is 1. The van der Waals surface area contributed by atoms with Crippen molar-refractivity contribution < 1.29 is 8.78 Å². The summed E-state index contributed by atoms with van der Waals surface area (Å²) < 4.78 is 27.7. The molecule has 1 aliphatic heterocycles. The number of hydrogen-bond acceptors (Lipinski definition) is 2. The van der Waals surface area contributed by atoms with Gasteiger partial charge in [0, 0.05) is 5.56 Å². The third-order valence-corrected chi connectivity index (χ3v) is 4.13. The van der Waals surface area contributed by atoms with Gasteiger partial charge in [-0.2, -0.15) is 5.10 Å². The van der Waals surface area contributed by atoms with Gasteiger partial charge in [0.1, 0.15) is 17.3 Å². The van der Waals surface area contributed by atoms with Crippen molar-refractivity contribution in [3.8, 4) is 11.3 Å². The monoisotopic (exact) mass is 327 g/mol. The van der Waals surface area contributed by atoms with Crippen molar-refractivity contribution in [1.82, 2.24) is 15.5 Å². The Morgan fingerprint density at radius 3 is 2.89 bits per heavy atom. The lowest BCUT2D eigenvalue weighted by atomic mass is 10.1. The molecule has 3 nitrogen and oxygen atoms in total. The molecule has 1 aromatic heterocycles. The van der Waals surface area contributed by atoms with Gasteiger partial charge in [0.15, 0.2) is 0 Å². The molecule has 19 heavy (non-hydrogen) atoms. The quantitative estimate of drug-likeness (QED) is 0.885. The molecule has 0 spiro atoms. The van der Waals surface area contributed by atoms with Crippen molar-refractivity contribution in [3.05, 3.63) is 40.0 Å². The lowest BCUT2D eigenvalue weighted by Crippen LogP contribution is -2.13. The van der Waals surface area contributed by atoms with Gasteiger partial charge >= 0.3 is 0 Å². The number of nitrogens with one attached hydrogen (secondary N) is 2. The van der Waals surface area contributed by atoms with Crippen LogP contribution in [0, 0.1) is 11.6 Å². The molecule has 6 heteroatoms. The number of rotatable bonds is 2. The third kappa shape index (κ3) is 2.30. The fourth-order valence-corrected chi connectivity index (χ4v) is 3.03. The van der Waals surface area contributed by atoms with Crippen molar-refractivity contribution in [2.24, 2.45) is 0 Å². The number of hydrogen-bond donors (Lipinski definition) is 2. The van der Waals surface area contributed by atoms with Gasteiger partial charge in [0.2, 0.25) is 0 Å². The van der Waals surface area contributed by atoms with E-state index in [1.54, 1.807) is 0 Å². The Balaban J connectivity index is 2.04. The summed E-state index contributed by atoms with van der Waals surface area (Å²) in [6, 6.07) is 3.55. The normalized spacial score (nSPS) is 19.0. The Bertz CT molecular complexity index is 606. The molecule has 0 amide bonds. The van der Waals surface area contributed by atoms with E-state index in [9.17, 15) is 8.78 Å². The first-order valence-corrected chi connectivity index (χ1v) is 6.88. The van der Waals surface area contributed by atoms with E-state index in [0.29, 0.717) is 10.2 Å². The molecule has 2 N–H and O–H groups in total. The maximum atomic E-state index is 13.8. The number of halogens is 3. The minimum atomic E-state index is -0.487. The maximum absolute atomic E-state index is 13.8. The van der Waals surface area contributed by atoms with Gasteiger partial charge < -0.3 is 5.32 Å². The highest BCUT2D eigenvalue weighted by Gasteiger charge is 2.24. The van der Waals surface area contributed by atoms with Crippen LogP contribution in [-0.4, -0.2) is 16.7 Å². The molecular weight excluding hydrogens is 316 g/mol. The van der Waals surface area contributed by atoms with E-state index in [0.717, 1.165) is 43.3 Å². The van der Waals surface area contributed by atoms with Crippen LogP contribution in [-0.2, 0) is 0 Å². The number of aromatic nitrogens is 2. The summed E-state index contributed by atoms with van der Waals surface area (Å²) in [6.45, 7) is 0.958. The van der Waals surface area contributed by atoms with Crippen LogP contribution < -0.4 is 5.32 Å². The van der Waals surface area contributed by atoms with Crippen LogP contribution >= 0.6 is 15.9 Å². The minimum absolute atomic E-state index is 0.160. The van der Waals surface area contributed by atoms with Gasteiger partial charge in [-0.05, 0) is 53.5 Å². The molecular formula is C13H12BrF2N3. The zero-order chi connectivity index (χ0) is 13.4. The SMILES string of the molecule is Fc1ccc(F)c(-c2n[nH]c(C3CCCN3)c2Br)c1. The minimum Gasteiger partial charge on any atom is -0.309 e. The molecule has 0 aliphatic carbocycles. The van der Waals surface area contributed by atoms with E-state index >= 15 is 0 Å². The molecule has 0 saturated carbocycles. The smallest absolute Gasteiger partial charge is 0.132 e. The van der Waals surface area contributed by atoms with Crippen molar-refractivity contribution >= 4 is 15.9 Å². The number of nitrogens with zero attached hydrogens (tertiary/aromatic N) is 1. The van der Waals surface area contributed by atoms with E-state index in [2.05, 4.69) is 31.4 Å². The first-order chi connectivity index (χ1) is 9.16. The molecule has 1 aliphatic rings. The van der Waals surface area contributed by atoms with Crippen LogP contribution in [0.15, 0.2) is 22.7 Å². The number of H-pyrrole nitrogens is 1. The average Bonchev–Trinajstić information content (AvgIpc) is 3.01. The van der Waals surface area contributed by atoms with Gasteiger partial charge in [-0.15, -0.1) is 0 Å². The van der Waals surface area contributed by atoms with Gasteiger partial charge in [0.05, 0.1) is 16.2 Å². The van der Waals surface area contributed by atoms with Crippen LogP contribution in [0.25, 0.3) is 11.3 Å². The largest absolute Gasteiger partial charge is 0.309 e. The molecule has 0 bridgehead atoms. The summed E-state index contributed by atoms with van der Waals surface area (Å²) in [6.07, 6.45) is 2.10. The van der Waals surface area contributed by atoms with Crippen LogP contribution in [0.1, 0.15) is 24.6 Å². The second kappa shape index (κ2) is 5.02. The van der Waals surface area contributed by atoms with Gasteiger partial charge in [-0.25, -0.2) is 8.78 Å². The van der Waals surface area contributed by atoms with E-state index in [4.69, 9.17) is 0 Å². The second-order valence-electron chi connectivity index (χ2n) is 4.57. The summed E-state index contributed by atoms with van der Waals surface area (Å²) in [5, 5.41) is 10.4. The molecule has 1 saturated heterocycles. The summed E-state index contributed by atoms with van der Waals surface area (Å²) in [5.74, 6) is -0.966. The first kappa shape index (κ1) is 12.7. The van der Waals surface area contributed by atoms with Crippen molar-refractivity contribution in [3.63, 3.8) is 0 Å². The summed E-state index contributed by atoms with van der Waals surface area (Å²) in [5.41, 5.74) is 1.45. The van der Waals surface area contributed by atoms with E-state index in [1.807, 2.05) is 0 Å². The summed E-state index contributed by atoms with van der Waals surface area (Å²) in [4.78, 5) is 0. The Morgan fingerprint density at radius 1 is 1.32 bits per heavy atom. The van der Waals surface area contributed by atoms with Crippen LogP contribution in [0.5, 0.6) is 0 Å². The van der Waals surface area contributed by atoms with Crippen molar-refractivity contribution in [2.45, 2.75) is 18.9 Å². The predicted molar refractivity (Wildman–Crippen MR) is 71.6 cm³/mol. The highest BCUT2D eigenvalue weighted by atomic mass is 79.9. The Labute approximate surface area is 117 Å². The van der Waals surface area contributed by atoms with E-state index in [1.165, 1.54) is 0 Å². The molecule has 0 radical (unpaired) electrons. The van der Waals surface area contributed by atoms with Crippen molar-refractivity contribution in [2.75, 3.05) is 6.54 Å². The molecule has 1 aromatic carbocycles. The highest BCUT2D eigenvalue weighted by Crippen LogP contribution is 2.35. The van der Waals surface area contributed by atoms with Gasteiger partial charge in [-0.1, -0.05) is 0 Å². The fraction of sp³-hybridized carbons (Fsp3) is 0.308. The molecule has 1 fully saturated rings. The topological polar surface area (TPSA) is 40.7 Å². The molecule has 2 heterocycles. The van der Waals surface area contributed by atoms with E-state index in [-0.39, 0.29) is 11.6 Å². The Morgan fingerprint density at radius 2 is 2.16 bits per heavy atom. The first-order valence-electron chi connectivity index (χ1n) is 6.09. The molecule has 3 rings (SSSR count). The maximum Gasteiger partial charge on any atom is 0.132 e. The molecule has 2 aromatic rings. The lowest BCUT2D eigenvalue weighted by Gasteiger charge is -2.08. The van der Waals surface area contributed by atoms with Gasteiger partial charge in [-0.3, -0.25) is 5.10 Å². The number of aromatic amines is 1. The average molecular weight is 328 g/mol. The molecule has 100 valence electrons. The van der Waals surface area contributed by atoms with Crippen LogP contribution in [0.2, 0.25) is 0 Å². The fourth-order valence-electron chi connectivity index (χ4n) is 2.36. The molecule has 1 unspecified atom stereocenters. The predicted octanol–water partition coefficient (Wildman–Crippen LogP) is 3.54. The summed E-state index contributed by atoms with van der Waals surface area (Å²) >= 11 is 3.43. The standard InChI is InChI=1S/C13H12BrF2N3/c14-11-12(8-6-7(15)3-4-9(8)16)18-19-13(11)10-2-1-5-17-10/h3-4,6,10,17H,1-2,5H2,(H,18,19). The van der Waals surface area contributed by atoms with Crippen LogP contribution in [0.3, 0.4) is 0 Å². The zero-order valence-corrected chi connectivity index (χ0v) is 11.6. The molecule has 1 atom stereocenters. The van der Waals surface area contributed by atoms with E-state index < -0.39 is 11.6 Å². The van der Waals surface area contributed by atoms with Crippen LogP contribution in [0.4, 0.5) is 8.78 Å². The second-order valence-corrected chi connectivity index (χ2v) is 5.37. The van der Waals surface area contributed by atoms with Crippen molar-refractivity contribution in [1.29, 1.82) is 0 Å².